The van der Waals surface area contributed by atoms with Crippen molar-refractivity contribution in [1.82, 2.24) is 20.1 Å². The van der Waals surface area contributed by atoms with Gasteiger partial charge in [0.2, 0.25) is 0 Å². The van der Waals surface area contributed by atoms with Gasteiger partial charge in [0.1, 0.15) is 5.82 Å². The summed E-state index contributed by atoms with van der Waals surface area (Å²) in [6.07, 6.45) is 0.133. The summed E-state index contributed by atoms with van der Waals surface area (Å²) in [5.41, 5.74) is -0.946. The molecule has 4 heterocycles. The second-order valence-electron chi connectivity index (χ2n) is 8.98. The molecule has 32 heavy (non-hydrogen) atoms. The van der Waals surface area contributed by atoms with Crippen LogP contribution in [-0.4, -0.2) is 58.9 Å². The highest BCUT2D eigenvalue weighted by molar-refractivity contribution is 5.62. The van der Waals surface area contributed by atoms with Gasteiger partial charge in [-0.15, -0.1) is 10.2 Å². The van der Waals surface area contributed by atoms with Gasteiger partial charge in [0.15, 0.2) is 5.69 Å². The van der Waals surface area contributed by atoms with Gasteiger partial charge < -0.3 is 15.0 Å². The Hall–Kier alpha value is -2.26. The molecule has 5 rings (SSSR count). The van der Waals surface area contributed by atoms with Crippen LogP contribution >= 0.6 is 0 Å². The first-order valence-electron chi connectivity index (χ1n) is 12.2. The Bertz CT molecular complexity index is 987. The first-order valence-corrected chi connectivity index (χ1v) is 11.2. The Morgan fingerprint density at radius 3 is 2.62 bits per heavy atom. The smallest absolute Gasteiger partial charge is 0.381 e. The van der Waals surface area contributed by atoms with E-state index in [1.807, 2.05) is 4.90 Å². The third-order valence-corrected chi connectivity index (χ3v) is 6.65. The summed E-state index contributed by atoms with van der Waals surface area (Å²) in [4.78, 5) is 5.47. The Morgan fingerprint density at radius 2 is 1.97 bits per heavy atom. The number of pyridine rings is 1. The zero-order chi connectivity index (χ0) is 23.9. The van der Waals surface area contributed by atoms with Crippen molar-refractivity contribution in [3.63, 3.8) is 0 Å². The molecule has 2 aromatic rings. The van der Waals surface area contributed by atoms with Crippen molar-refractivity contribution >= 4 is 5.82 Å². The van der Waals surface area contributed by atoms with Gasteiger partial charge in [-0.2, -0.15) is 13.2 Å². The fraction of sp³-hybridized carbons (Fsp3) is 0.609. The summed E-state index contributed by atoms with van der Waals surface area (Å²) >= 11 is 0. The van der Waals surface area contributed by atoms with Crippen molar-refractivity contribution in [3.05, 3.63) is 36.2 Å². The number of rotatable bonds is 5. The Balaban J connectivity index is 1.19. The lowest BCUT2D eigenvalue weighted by Crippen LogP contribution is -2.33. The van der Waals surface area contributed by atoms with Gasteiger partial charge >= 0.3 is 6.18 Å². The highest BCUT2D eigenvalue weighted by Crippen LogP contribution is 2.40. The number of likely N-dealkylation sites (tertiary alicyclic amines) is 1. The zero-order valence-electron chi connectivity index (χ0n) is 19.7. The minimum atomic E-state index is -4.57. The van der Waals surface area contributed by atoms with Crippen LogP contribution in [0.3, 0.4) is 0 Å². The normalized spacial score (nSPS) is 30.0. The molecule has 6 nitrogen and oxygen atoms in total. The summed E-state index contributed by atoms with van der Waals surface area (Å²) < 4.78 is 62.6. The zero-order valence-corrected chi connectivity index (χ0v) is 17.7. The van der Waals surface area contributed by atoms with Crippen LogP contribution in [0.1, 0.15) is 34.1 Å². The highest BCUT2D eigenvalue weighted by Gasteiger charge is 2.41. The first kappa shape index (κ1) is 19.2. The minimum Gasteiger partial charge on any atom is -0.381 e. The average Bonchev–Trinajstić information content (AvgIpc) is 3.39. The lowest BCUT2D eigenvalue weighted by atomic mass is 10.0. The van der Waals surface area contributed by atoms with Crippen molar-refractivity contribution in [1.29, 1.82) is 0 Å². The van der Waals surface area contributed by atoms with Crippen LogP contribution in [0.4, 0.5) is 19.0 Å². The van der Waals surface area contributed by atoms with Gasteiger partial charge in [-0.1, -0.05) is 0 Å². The second kappa shape index (κ2) is 8.94. The van der Waals surface area contributed by atoms with E-state index in [4.69, 9.17) is 7.48 Å². The summed E-state index contributed by atoms with van der Waals surface area (Å²) in [5.74, 6) is 1.27. The number of hydrogen-bond acceptors (Lipinski definition) is 6. The van der Waals surface area contributed by atoms with Crippen LogP contribution in [0.5, 0.6) is 0 Å². The second-order valence-corrected chi connectivity index (χ2v) is 8.98. The molecule has 0 aromatic carbocycles. The summed E-state index contributed by atoms with van der Waals surface area (Å²) in [6, 6.07) is 6.15. The van der Waals surface area contributed by atoms with Crippen LogP contribution in [-0.2, 0) is 10.9 Å². The summed E-state index contributed by atoms with van der Waals surface area (Å²) in [7, 11) is 0. The number of alkyl halides is 3. The van der Waals surface area contributed by atoms with E-state index in [9.17, 15) is 13.2 Å². The third kappa shape index (κ3) is 4.73. The Labute approximate surface area is 188 Å². The minimum absolute atomic E-state index is 0.0829. The van der Waals surface area contributed by atoms with Crippen molar-refractivity contribution in [2.75, 3.05) is 38.1 Å². The topological polar surface area (TPSA) is 63.2 Å². The third-order valence-electron chi connectivity index (χ3n) is 6.65. The molecule has 0 radical (unpaired) electrons. The van der Waals surface area contributed by atoms with Gasteiger partial charge in [0.25, 0.3) is 0 Å². The van der Waals surface area contributed by atoms with E-state index in [-0.39, 0.29) is 23.2 Å². The maximum absolute atomic E-state index is 13.2. The van der Waals surface area contributed by atoms with E-state index in [2.05, 4.69) is 20.5 Å². The molecule has 0 amide bonds. The Morgan fingerprint density at radius 1 is 1.16 bits per heavy atom. The van der Waals surface area contributed by atoms with Crippen molar-refractivity contribution in [2.24, 2.45) is 17.8 Å². The number of fused-ring (bicyclic) bond motifs is 1. The number of anilines is 1. The quantitative estimate of drug-likeness (QED) is 0.742. The standard InChI is InChI=1S/C23H28F3N5O/c24-23(25,26)22-19(4-1-7-27-22)20-5-6-21(30-29-20)28-18-9-16-12-31(13-17(16)10-18)11-15-3-2-8-32-14-15/h1,4-7,15-18H,2-3,8-14H2,(H,28,30)/t15-,16?,17?,18?/m1/s1/i11D2. The Kier molecular flexibility index (Phi) is 5.37. The van der Waals surface area contributed by atoms with Crippen LogP contribution in [0, 0.1) is 17.8 Å². The predicted octanol–water partition coefficient (Wildman–Crippen LogP) is 4.11. The van der Waals surface area contributed by atoms with Crippen molar-refractivity contribution in [2.45, 2.75) is 37.9 Å². The summed E-state index contributed by atoms with van der Waals surface area (Å²) in [5, 5.41) is 11.5. The predicted molar refractivity (Wildman–Crippen MR) is 114 cm³/mol. The molecule has 2 unspecified atom stereocenters. The molecule has 172 valence electrons. The monoisotopic (exact) mass is 449 g/mol. The molecule has 3 aliphatic rings. The molecular weight excluding hydrogens is 419 g/mol. The van der Waals surface area contributed by atoms with Crippen LogP contribution in [0.15, 0.2) is 30.5 Å². The van der Waals surface area contributed by atoms with E-state index in [1.165, 1.54) is 18.2 Å². The van der Waals surface area contributed by atoms with E-state index in [0.717, 1.165) is 51.6 Å². The maximum Gasteiger partial charge on any atom is 0.434 e. The molecule has 1 saturated carbocycles. The molecular formula is C23H28F3N5O. The lowest BCUT2D eigenvalue weighted by Gasteiger charge is -2.27. The van der Waals surface area contributed by atoms with Crippen LogP contribution < -0.4 is 5.32 Å². The molecule has 1 N–H and O–H groups in total. The molecule has 2 aliphatic heterocycles. The van der Waals surface area contributed by atoms with Gasteiger partial charge in [0.05, 0.1) is 12.3 Å². The highest BCUT2D eigenvalue weighted by atomic mass is 19.4. The fourth-order valence-electron chi connectivity index (χ4n) is 5.22. The number of nitrogens with one attached hydrogen (secondary N) is 1. The van der Waals surface area contributed by atoms with E-state index >= 15 is 0 Å². The molecule has 1 aliphatic carbocycles. The van der Waals surface area contributed by atoms with Crippen molar-refractivity contribution < 1.29 is 20.6 Å². The van der Waals surface area contributed by atoms with E-state index in [0.29, 0.717) is 24.3 Å². The molecule has 3 atom stereocenters. The lowest BCUT2D eigenvalue weighted by molar-refractivity contribution is -0.140. The molecule has 0 bridgehead atoms. The van der Waals surface area contributed by atoms with E-state index in [1.54, 1.807) is 6.07 Å². The SMILES string of the molecule is [2H]C([2H])([C@H]1CCCOC1)N1CC2CC(Nc3ccc(-c4cccnc4C(F)(F)F)nn3)CC2C1. The summed E-state index contributed by atoms with van der Waals surface area (Å²) in [6.45, 7) is 1.33. The average molecular weight is 450 g/mol. The van der Waals surface area contributed by atoms with Gasteiger partial charge in [0, 0.05) is 46.7 Å². The molecule has 2 aromatic heterocycles. The molecule has 2 saturated heterocycles. The number of ether oxygens (including phenoxy) is 1. The maximum atomic E-state index is 13.2. The van der Waals surface area contributed by atoms with Gasteiger partial charge in [-0.3, -0.25) is 4.98 Å². The van der Waals surface area contributed by atoms with Gasteiger partial charge in [-0.25, -0.2) is 0 Å². The molecule has 0 spiro atoms. The van der Waals surface area contributed by atoms with Crippen LogP contribution in [0.2, 0.25) is 0 Å². The van der Waals surface area contributed by atoms with E-state index < -0.39 is 18.4 Å². The van der Waals surface area contributed by atoms with Crippen LogP contribution in [0.25, 0.3) is 11.3 Å². The largest absolute Gasteiger partial charge is 0.434 e. The fourth-order valence-corrected chi connectivity index (χ4v) is 5.22. The van der Waals surface area contributed by atoms with Crippen molar-refractivity contribution in [3.8, 4) is 11.3 Å². The molecule has 9 heteroatoms. The molecule has 3 fully saturated rings. The first-order chi connectivity index (χ1) is 16.2. The number of halogens is 3. The number of hydrogen-bond donors (Lipinski definition) is 1. The number of aromatic nitrogens is 3. The number of nitrogens with zero attached hydrogens (tertiary/aromatic N) is 4. The van der Waals surface area contributed by atoms with Gasteiger partial charge in [-0.05, 0) is 67.7 Å².